The molecular weight excluding hydrogens is 439 g/mol. The van der Waals surface area contributed by atoms with Gasteiger partial charge in [-0.1, -0.05) is 34.1 Å². The second kappa shape index (κ2) is 8.65. The van der Waals surface area contributed by atoms with Crippen LogP contribution in [0.3, 0.4) is 0 Å². The van der Waals surface area contributed by atoms with E-state index in [4.69, 9.17) is 4.74 Å². The van der Waals surface area contributed by atoms with Gasteiger partial charge in [-0.15, -0.1) is 0 Å². The van der Waals surface area contributed by atoms with Crippen LogP contribution >= 0.6 is 0 Å². The molecule has 4 saturated carbocycles. The highest BCUT2D eigenvalue weighted by molar-refractivity contribution is 5.92. The predicted molar refractivity (Wildman–Crippen MR) is 123 cm³/mol. The minimum absolute atomic E-state index is 0.0158. The van der Waals surface area contributed by atoms with E-state index in [1.54, 1.807) is 0 Å². The van der Waals surface area contributed by atoms with Crippen LogP contribution in [-0.2, 0) is 19.1 Å². The molecular formula is C27H41FO6. The quantitative estimate of drug-likeness (QED) is 0.559. The van der Waals surface area contributed by atoms with Gasteiger partial charge in [-0.3, -0.25) is 14.4 Å². The third-order valence-corrected chi connectivity index (χ3v) is 10.7. The van der Waals surface area contributed by atoms with Gasteiger partial charge in [0.2, 0.25) is 5.78 Å². The Balaban J connectivity index is 1.77. The van der Waals surface area contributed by atoms with Crippen molar-refractivity contribution < 1.29 is 33.7 Å². The number of carbonyl (C=O) groups excluding carboxylic acids is 3. The first kappa shape index (κ1) is 25.7. The van der Waals surface area contributed by atoms with E-state index in [9.17, 15) is 24.6 Å². The molecule has 0 aromatic heterocycles. The van der Waals surface area contributed by atoms with Crippen molar-refractivity contribution in [2.75, 3.05) is 6.61 Å². The molecule has 0 radical (unpaired) electrons. The maximum Gasteiger partial charge on any atom is 0.306 e. The SMILES string of the molecule is CCCCC(=O)O[C@@]1(C(=O)CO)[C@@H](C)C[C@H]2[C@@H]3CC[C@H]4CC(=O)CC[C@]4(C)[C@@]3(F)[C@@H](O)C[C@@]21C. The highest BCUT2D eigenvalue weighted by Gasteiger charge is 2.77. The molecule has 0 saturated heterocycles. The zero-order valence-corrected chi connectivity index (χ0v) is 21.1. The van der Waals surface area contributed by atoms with Gasteiger partial charge in [-0.25, -0.2) is 4.39 Å². The molecule has 0 aromatic carbocycles. The smallest absolute Gasteiger partial charge is 0.306 e. The first-order valence-corrected chi connectivity index (χ1v) is 13.2. The number of Topliss-reactive ketones (excluding diaryl/α,β-unsaturated/α-hetero) is 2. The molecule has 34 heavy (non-hydrogen) atoms. The fraction of sp³-hybridized carbons (Fsp3) is 0.889. The lowest BCUT2D eigenvalue weighted by Gasteiger charge is -2.65. The number of fused-ring (bicyclic) bond motifs is 5. The monoisotopic (exact) mass is 480 g/mol. The maximum absolute atomic E-state index is 17.4. The average molecular weight is 481 g/mol. The van der Waals surface area contributed by atoms with Gasteiger partial charge < -0.3 is 14.9 Å². The number of alkyl halides is 1. The molecule has 0 spiro atoms. The number of rotatable bonds is 6. The summed E-state index contributed by atoms with van der Waals surface area (Å²) in [6.07, 6.45) is 3.11. The van der Waals surface area contributed by atoms with Crippen molar-refractivity contribution in [3.05, 3.63) is 0 Å². The Kier molecular flexibility index (Phi) is 6.55. The van der Waals surface area contributed by atoms with Crippen molar-refractivity contribution in [2.45, 2.75) is 109 Å². The standard InChI is InChI=1S/C27H41FO6/c1-5-6-7-23(33)34-27(22(32)15-29)16(2)12-20-19-9-8-17-13-18(30)10-11-24(17,3)26(19,28)21(31)14-25(20,27)4/h16-17,19-21,29,31H,5-15H2,1-4H3/t16-,17-,19-,20-,21-,24-,25-,26-,27+/m0/s1. The van der Waals surface area contributed by atoms with Crippen LogP contribution in [0, 0.1) is 34.5 Å². The van der Waals surface area contributed by atoms with Crippen LogP contribution in [0.15, 0.2) is 0 Å². The van der Waals surface area contributed by atoms with E-state index in [1.807, 2.05) is 27.7 Å². The Labute approximate surface area is 202 Å². The maximum atomic E-state index is 17.4. The van der Waals surface area contributed by atoms with Gasteiger partial charge in [0.05, 0.1) is 6.10 Å². The molecule has 0 unspecified atom stereocenters. The molecule has 0 aromatic rings. The van der Waals surface area contributed by atoms with E-state index < -0.39 is 58.4 Å². The molecule has 2 N–H and O–H groups in total. The van der Waals surface area contributed by atoms with Gasteiger partial charge in [0.25, 0.3) is 0 Å². The predicted octanol–water partition coefficient (Wildman–Crippen LogP) is 3.94. The molecule has 4 rings (SSSR count). The minimum atomic E-state index is -1.87. The van der Waals surface area contributed by atoms with Crippen LogP contribution in [-0.4, -0.2) is 51.7 Å². The Hall–Kier alpha value is -1.34. The number of carbonyl (C=O) groups is 3. The summed E-state index contributed by atoms with van der Waals surface area (Å²) < 4.78 is 23.4. The Morgan fingerprint density at radius 1 is 1.18 bits per heavy atom. The Morgan fingerprint density at radius 2 is 1.88 bits per heavy atom. The molecule has 4 fully saturated rings. The number of ether oxygens (including phenoxy) is 1. The Bertz CT molecular complexity index is 860. The van der Waals surface area contributed by atoms with Crippen molar-refractivity contribution in [1.29, 1.82) is 0 Å². The van der Waals surface area contributed by atoms with Crippen molar-refractivity contribution in [1.82, 2.24) is 0 Å². The first-order valence-electron chi connectivity index (χ1n) is 13.2. The third-order valence-electron chi connectivity index (χ3n) is 10.7. The number of unbranched alkanes of at least 4 members (excludes halogenated alkanes) is 1. The summed E-state index contributed by atoms with van der Waals surface area (Å²) in [6, 6.07) is 0. The number of aliphatic hydroxyl groups is 2. The van der Waals surface area contributed by atoms with Gasteiger partial charge in [0.1, 0.15) is 18.1 Å². The van der Waals surface area contributed by atoms with Gasteiger partial charge in [-0.2, -0.15) is 0 Å². The van der Waals surface area contributed by atoms with Crippen molar-refractivity contribution >= 4 is 17.5 Å². The minimum Gasteiger partial charge on any atom is -0.450 e. The van der Waals surface area contributed by atoms with E-state index in [0.29, 0.717) is 44.9 Å². The number of halogens is 1. The summed E-state index contributed by atoms with van der Waals surface area (Å²) >= 11 is 0. The molecule has 0 aliphatic heterocycles. The molecule has 4 aliphatic carbocycles. The van der Waals surface area contributed by atoms with Gasteiger partial charge in [-0.05, 0) is 56.3 Å². The zero-order chi connectivity index (χ0) is 25.1. The fourth-order valence-corrected chi connectivity index (χ4v) is 8.91. The van der Waals surface area contributed by atoms with E-state index in [-0.39, 0.29) is 30.5 Å². The van der Waals surface area contributed by atoms with Crippen LogP contribution in [0.4, 0.5) is 4.39 Å². The van der Waals surface area contributed by atoms with Crippen LogP contribution in [0.1, 0.15) is 91.9 Å². The molecule has 0 bridgehead atoms. The van der Waals surface area contributed by atoms with E-state index in [2.05, 4.69) is 0 Å². The molecule has 7 heteroatoms. The van der Waals surface area contributed by atoms with Gasteiger partial charge in [0, 0.05) is 36.0 Å². The van der Waals surface area contributed by atoms with Crippen LogP contribution in [0.25, 0.3) is 0 Å². The lowest BCUT2D eigenvalue weighted by atomic mass is 9.42. The van der Waals surface area contributed by atoms with E-state index >= 15 is 4.39 Å². The molecule has 4 aliphatic rings. The Morgan fingerprint density at radius 3 is 2.53 bits per heavy atom. The lowest BCUT2D eigenvalue weighted by molar-refractivity contribution is -0.257. The van der Waals surface area contributed by atoms with E-state index in [1.165, 1.54) is 0 Å². The first-order chi connectivity index (χ1) is 15.9. The number of hydrogen-bond acceptors (Lipinski definition) is 6. The van der Waals surface area contributed by atoms with Gasteiger partial charge >= 0.3 is 5.97 Å². The highest BCUT2D eigenvalue weighted by Crippen LogP contribution is 2.72. The largest absolute Gasteiger partial charge is 0.450 e. The van der Waals surface area contributed by atoms with Crippen molar-refractivity contribution in [3.63, 3.8) is 0 Å². The second-order valence-electron chi connectivity index (χ2n) is 12.1. The molecule has 9 atom stereocenters. The van der Waals surface area contributed by atoms with Gasteiger partial charge in [0.15, 0.2) is 5.60 Å². The van der Waals surface area contributed by atoms with Crippen molar-refractivity contribution in [3.8, 4) is 0 Å². The number of ketones is 2. The number of hydrogen-bond donors (Lipinski definition) is 2. The highest BCUT2D eigenvalue weighted by atomic mass is 19.1. The van der Waals surface area contributed by atoms with Crippen LogP contribution in [0.2, 0.25) is 0 Å². The normalized spacial score (nSPS) is 48.0. The van der Waals surface area contributed by atoms with Crippen molar-refractivity contribution in [2.24, 2.45) is 34.5 Å². The average Bonchev–Trinajstić information content (AvgIpc) is 3.00. The second-order valence-corrected chi connectivity index (χ2v) is 12.1. The topological polar surface area (TPSA) is 101 Å². The molecule has 0 amide bonds. The summed E-state index contributed by atoms with van der Waals surface area (Å²) in [5.41, 5.74) is -5.25. The summed E-state index contributed by atoms with van der Waals surface area (Å²) in [5.74, 6) is -2.14. The molecule has 6 nitrogen and oxygen atoms in total. The number of esters is 1. The molecule has 192 valence electrons. The van der Waals surface area contributed by atoms with Crippen LogP contribution < -0.4 is 0 Å². The summed E-state index contributed by atoms with van der Waals surface area (Å²) in [7, 11) is 0. The summed E-state index contributed by atoms with van der Waals surface area (Å²) in [5, 5.41) is 21.5. The number of aliphatic hydroxyl groups excluding tert-OH is 2. The molecule has 0 heterocycles. The lowest BCUT2D eigenvalue weighted by Crippen LogP contribution is -2.71. The third kappa shape index (κ3) is 3.21. The summed E-state index contributed by atoms with van der Waals surface area (Å²) in [6.45, 7) is 6.80. The summed E-state index contributed by atoms with van der Waals surface area (Å²) in [4.78, 5) is 38.3. The fourth-order valence-electron chi connectivity index (χ4n) is 8.91. The van der Waals surface area contributed by atoms with E-state index in [0.717, 1.165) is 6.42 Å². The van der Waals surface area contributed by atoms with Crippen LogP contribution in [0.5, 0.6) is 0 Å². The zero-order valence-electron chi connectivity index (χ0n) is 21.1.